The van der Waals surface area contributed by atoms with Gasteiger partial charge in [-0.05, 0) is 31.2 Å². The van der Waals surface area contributed by atoms with E-state index in [9.17, 15) is 0 Å². The zero-order valence-corrected chi connectivity index (χ0v) is 12.5. The highest BCUT2D eigenvalue weighted by Gasteiger charge is 2.11. The van der Waals surface area contributed by atoms with E-state index in [1.165, 1.54) is 0 Å². The van der Waals surface area contributed by atoms with Crippen molar-refractivity contribution in [3.63, 3.8) is 0 Å². The van der Waals surface area contributed by atoms with Gasteiger partial charge >= 0.3 is 0 Å². The van der Waals surface area contributed by atoms with Crippen LogP contribution in [0.25, 0.3) is 11.3 Å². The van der Waals surface area contributed by atoms with Gasteiger partial charge in [-0.3, -0.25) is 0 Å². The second-order valence-electron chi connectivity index (χ2n) is 4.06. The van der Waals surface area contributed by atoms with Gasteiger partial charge in [-0.1, -0.05) is 0 Å². The molecule has 0 saturated heterocycles. The van der Waals surface area contributed by atoms with Gasteiger partial charge in [0.15, 0.2) is 0 Å². The van der Waals surface area contributed by atoms with Gasteiger partial charge < -0.3 is 15.2 Å². The van der Waals surface area contributed by atoms with E-state index in [1.54, 1.807) is 14.2 Å². The Bertz CT molecular complexity index is 591. The predicted octanol–water partition coefficient (Wildman–Crippen LogP) is 2.35. The van der Waals surface area contributed by atoms with Crippen molar-refractivity contribution in [2.45, 2.75) is 13.5 Å². The molecule has 0 fully saturated rings. The topological polar surface area (TPSA) is 70.3 Å². The van der Waals surface area contributed by atoms with Gasteiger partial charge in [0.25, 0.3) is 0 Å². The summed E-state index contributed by atoms with van der Waals surface area (Å²) < 4.78 is 10.6. The highest BCUT2D eigenvalue weighted by atomic mass is 35.5. The molecule has 1 aromatic carbocycles. The van der Waals surface area contributed by atoms with Crippen LogP contribution < -0.4 is 15.2 Å². The molecule has 20 heavy (non-hydrogen) atoms. The van der Waals surface area contributed by atoms with Crippen molar-refractivity contribution in [2.75, 3.05) is 14.2 Å². The van der Waals surface area contributed by atoms with E-state index >= 15 is 0 Å². The summed E-state index contributed by atoms with van der Waals surface area (Å²) in [5, 5.41) is 0. The van der Waals surface area contributed by atoms with Crippen molar-refractivity contribution in [3.8, 4) is 22.8 Å². The molecular formula is C14H18ClN3O2. The summed E-state index contributed by atoms with van der Waals surface area (Å²) >= 11 is 0. The number of rotatable bonds is 4. The Balaban J connectivity index is 0.00000200. The summed E-state index contributed by atoms with van der Waals surface area (Å²) in [6.45, 7) is 2.22. The zero-order valence-electron chi connectivity index (χ0n) is 11.7. The molecule has 0 amide bonds. The minimum atomic E-state index is 0. The standard InChI is InChI=1S/C14H17N3O2.ClH/c1-9-16-10(8-15)6-13(17-9)12-7-11(18-2)4-5-14(12)19-3;/h4-7H,8,15H2,1-3H3;1H. The third-order valence-corrected chi connectivity index (χ3v) is 2.78. The largest absolute Gasteiger partial charge is 0.497 e. The first-order chi connectivity index (χ1) is 9.17. The van der Waals surface area contributed by atoms with Crippen LogP contribution in [0.15, 0.2) is 24.3 Å². The first-order valence-electron chi connectivity index (χ1n) is 5.95. The average Bonchev–Trinajstić information content (AvgIpc) is 2.45. The van der Waals surface area contributed by atoms with E-state index in [-0.39, 0.29) is 12.4 Å². The zero-order chi connectivity index (χ0) is 13.8. The lowest BCUT2D eigenvalue weighted by Crippen LogP contribution is -2.03. The molecule has 0 spiro atoms. The second kappa shape index (κ2) is 7.07. The maximum Gasteiger partial charge on any atom is 0.128 e. The lowest BCUT2D eigenvalue weighted by Gasteiger charge is -2.11. The number of hydrogen-bond acceptors (Lipinski definition) is 5. The minimum Gasteiger partial charge on any atom is -0.497 e. The first-order valence-corrected chi connectivity index (χ1v) is 5.95. The maximum absolute atomic E-state index is 5.65. The van der Waals surface area contributed by atoms with Crippen LogP contribution in [-0.2, 0) is 6.54 Å². The molecule has 6 heteroatoms. The molecule has 2 aromatic rings. The van der Waals surface area contributed by atoms with Crippen LogP contribution in [0.4, 0.5) is 0 Å². The van der Waals surface area contributed by atoms with E-state index in [0.717, 1.165) is 28.5 Å². The Hall–Kier alpha value is -1.85. The number of hydrogen-bond donors (Lipinski definition) is 1. The molecule has 0 unspecified atom stereocenters. The van der Waals surface area contributed by atoms with Crippen LogP contribution >= 0.6 is 12.4 Å². The molecule has 5 nitrogen and oxygen atoms in total. The van der Waals surface area contributed by atoms with Gasteiger partial charge in [0.05, 0.1) is 25.6 Å². The minimum absolute atomic E-state index is 0. The van der Waals surface area contributed by atoms with Crippen LogP contribution in [0, 0.1) is 6.92 Å². The van der Waals surface area contributed by atoms with Crippen LogP contribution in [0.3, 0.4) is 0 Å². The average molecular weight is 296 g/mol. The van der Waals surface area contributed by atoms with E-state index in [1.807, 2.05) is 31.2 Å². The highest BCUT2D eigenvalue weighted by molar-refractivity contribution is 5.85. The summed E-state index contributed by atoms with van der Waals surface area (Å²) in [5.74, 6) is 2.17. The highest BCUT2D eigenvalue weighted by Crippen LogP contribution is 2.32. The van der Waals surface area contributed by atoms with Crippen molar-refractivity contribution in [3.05, 3.63) is 35.8 Å². The van der Waals surface area contributed by atoms with Gasteiger partial charge in [-0.2, -0.15) is 0 Å². The summed E-state index contributed by atoms with van der Waals surface area (Å²) in [4.78, 5) is 8.70. The van der Waals surface area contributed by atoms with E-state index < -0.39 is 0 Å². The van der Waals surface area contributed by atoms with Gasteiger partial charge in [0.1, 0.15) is 17.3 Å². The van der Waals surface area contributed by atoms with Crippen LogP contribution in [0.5, 0.6) is 11.5 Å². The molecule has 0 aliphatic carbocycles. The van der Waals surface area contributed by atoms with E-state index in [4.69, 9.17) is 15.2 Å². The Morgan fingerprint density at radius 2 is 1.85 bits per heavy atom. The van der Waals surface area contributed by atoms with Crippen LogP contribution in [-0.4, -0.2) is 24.2 Å². The van der Waals surface area contributed by atoms with E-state index in [2.05, 4.69) is 9.97 Å². The number of aromatic nitrogens is 2. The molecule has 1 aromatic heterocycles. The van der Waals surface area contributed by atoms with Crippen molar-refractivity contribution in [2.24, 2.45) is 5.73 Å². The number of methoxy groups -OCH3 is 2. The lowest BCUT2D eigenvalue weighted by molar-refractivity contribution is 0.404. The molecule has 1 heterocycles. The molecule has 0 radical (unpaired) electrons. The molecule has 0 saturated carbocycles. The number of aryl methyl sites for hydroxylation is 1. The number of nitrogens with zero attached hydrogens (tertiary/aromatic N) is 2. The Kier molecular flexibility index (Phi) is 5.73. The molecule has 108 valence electrons. The monoisotopic (exact) mass is 295 g/mol. The maximum atomic E-state index is 5.65. The fourth-order valence-electron chi connectivity index (χ4n) is 1.89. The summed E-state index contributed by atoms with van der Waals surface area (Å²) in [7, 11) is 3.26. The summed E-state index contributed by atoms with van der Waals surface area (Å²) in [6, 6.07) is 7.46. The van der Waals surface area contributed by atoms with Gasteiger partial charge in [-0.25, -0.2) is 9.97 Å². The van der Waals surface area contributed by atoms with Crippen molar-refractivity contribution >= 4 is 12.4 Å². The second-order valence-corrected chi connectivity index (χ2v) is 4.06. The van der Waals surface area contributed by atoms with Crippen LogP contribution in [0.1, 0.15) is 11.5 Å². The van der Waals surface area contributed by atoms with Crippen molar-refractivity contribution in [1.29, 1.82) is 0 Å². The number of benzene rings is 1. The fourth-order valence-corrected chi connectivity index (χ4v) is 1.89. The normalized spacial score (nSPS) is 9.80. The number of nitrogens with two attached hydrogens (primary N) is 1. The Labute approximate surface area is 124 Å². The van der Waals surface area contributed by atoms with Gasteiger partial charge in [-0.15, -0.1) is 12.4 Å². The molecular weight excluding hydrogens is 278 g/mol. The SMILES string of the molecule is COc1ccc(OC)c(-c2cc(CN)nc(C)n2)c1.Cl. The van der Waals surface area contributed by atoms with Crippen molar-refractivity contribution < 1.29 is 9.47 Å². The third-order valence-electron chi connectivity index (χ3n) is 2.78. The fraction of sp³-hybridized carbons (Fsp3) is 0.286. The molecule has 0 atom stereocenters. The van der Waals surface area contributed by atoms with E-state index in [0.29, 0.717) is 12.4 Å². The quantitative estimate of drug-likeness (QED) is 0.937. The summed E-state index contributed by atoms with van der Waals surface area (Å²) in [5.41, 5.74) is 8.09. The van der Waals surface area contributed by atoms with Gasteiger partial charge in [0, 0.05) is 12.1 Å². The van der Waals surface area contributed by atoms with Gasteiger partial charge in [0.2, 0.25) is 0 Å². The van der Waals surface area contributed by atoms with Crippen LogP contribution in [0.2, 0.25) is 0 Å². The third kappa shape index (κ3) is 3.37. The number of halogens is 1. The Morgan fingerprint density at radius 1 is 1.10 bits per heavy atom. The summed E-state index contributed by atoms with van der Waals surface area (Å²) in [6.07, 6.45) is 0. The Morgan fingerprint density at radius 3 is 2.45 bits per heavy atom. The van der Waals surface area contributed by atoms with Crippen molar-refractivity contribution in [1.82, 2.24) is 9.97 Å². The lowest BCUT2D eigenvalue weighted by atomic mass is 10.1. The first kappa shape index (κ1) is 16.2. The molecule has 0 bridgehead atoms. The number of ether oxygens (including phenoxy) is 2. The molecule has 0 aliphatic rings. The molecule has 0 aliphatic heterocycles. The molecule has 2 N–H and O–H groups in total. The molecule has 2 rings (SSSR count). The predicted molar refractivity (Wildman–Crippen MR) is 80.4 cm³/mol. The smallest absolute Gasteiger partial charge is 0.128 e.